The molecule has 0 aliphatic carbocycles. The van der Waals surface area contributed by atoms with Crippen LogP contribution in [0.2, 0.25) is 0 Å². The SMILES string of the molecule is COc1ccccc1CNc1cc([N+](=O)[O-])c(C)cn1. The number of hydrogen-bond donors (Lipinski definition) is 1. The lowest BCUT2D eigenvalue weighted by Gasteiger charge is -2.10. The van der Waals surface area contributed by atoms with Gasteiger partial charge < -0.3 is 10.1 Å². The molecule has 0 unspecified atom stereocenters. The summed E-state index contributed by atoms with van der Waals surface area (Å²) in [5, 5.41) is 13.9. The Morgan fingerprint density at radius 2 is 2.15 bits per heavy atom. The van der Waals surface area contributed by atoms with Crippen molar-refractivity contribution in [1.29, 1.82) is 0 Å². The topological polar surface area (TPSA) is 77.3 Å². The molecule has 2 aromatic rings. The minimum Gasteiger partial charge on any atom is -0.496 e. The summed E-state index contributed by atoms with van der Waals surface area (Å²) in [6, 6.07) is 9.02. The Labute approximate surface area is 116 Å². The van der Waals surface area contributed by atoms with E-state index in [1.54, 1.807) is 14.0 Å². The van der Waals surface area contributed by atoms with Gasteiger partial charge in [0.05, 0.1) is 18.1 Å². The van der Waals surface area contributed by atoms with Gasteiger partial charge in [0.15, 0.2) is 0 Å². The van der Waals surface area contributed by atoms with Gasteiger partial charge in [0.1, 0.15) is 11.6 Å². The molecule has 6 nitrogen and oxygen atoms in total. The molecule has 1 N–H and O–H groups in total. The van der Waals surface area contributed by atoms with Crippen LogP contribution in [0.1, 0.15) is 11.1 Å². The van der Waals surface area contributed by atoms with Crippen LogP contribution in [0.15, 0.2) is 36.5 Å². The molecule has 0 atom stereocenters. The van der Waals surface area contributed by atoms with Crippen molar-refractivity contribution in [2.45, 2.75) is 13.5 Å². The van der Waals surface area contributed by atoms with Crippen LogP contribution in [0.25, 0.3) is 0 Å². The van der Waals surface area contributed by atoms with Crippen LogP contribution in [0.3, 0.4) is 0 Å². The normalized spacial score (nSPS) is 10.1. The first kappa shape index (κ1) is 13.8. The molecule has 1 heterocycles. The number of nitro groups is 1. The fourth-order valence-corrected chi connectivity index (χ4v) is 1.84. The zero-order chi connectivity index (χ0) is 14.5. The van der Waals surface area contributed by atoms with Crippen molar-refractivity contribution in [2.24, 2.45) is 0 Å². The Kier molecular flexibility index (Phi) is 4.14. The molecule has 0 aliphatic rings. The number of methoxy groups -OCH3 is 1. The Morgan fingerprint density at radius 3 is 2.85 bits per heavy atom. The minimum atomic E-state index is -0.411. The number of benzene rings is 1. The van der Waals surface area contributed by atoms with Crippen molar-refractivity contribution in [2.75, 3.05) is 12.4 Å². The van der Waals surface area contributed by atoms with E-state index in [2.05, 4.69) is 10.3 Å². The molecule has 0 saturated carbocycles. The summed E-state index contributed by atoms with van der Waals surface area (Å²) in [6.07, 6.45) is 1.49. The predicted octanol–water partition coefficient (Wildman–Crippen LogP) is 2.92. The van der Waals surface area contributed by atoms with Gasteiger partial charge >= 0.3 is 0 Å². The molecule has 1 aromatic carbocycles. The van der Waals surface area contributed by atoms with Gasteiger partial charge in [0, 0.05) is 23.9 Å². The number of anilines is 1. The smallest absolute Gasteiger partial charge is 0.277 e. The zero-order valence-electron chi connectivity index (χ0n) is 11.3. The summed E-state index contributed by atoms with van der Waals surface area (Å²) in [5.41, 5.74) is 1.56. The van der Waals surface area contributed by atoms with Gasteiger partial charge in [-0.3, -0.25) is 10.1 Å². The Bertz CT molecular complexity index is 629. The maximum atomic E-state index is 10.9. The predicted molar refractivity (Wildman–Crippen MR) is 75.9 cm³/mol. The number of rotatable bonds is 5. The lowest BCUT2D eigenvalue weighted by atomic mass is 10.2. The fourth-order valence-electron chi connectivity index (χ4n) is 1.84. The number of pyridine rings is 1. The Morgan fingerprint density at radius 1 is 1.40 bits per heavy atom. The van der Waals surface area contributed by atoms with Crippen molar-refractivity contribution in [3.63, 3.8) is 0 Å². The Balaban J connectivity index is 2.15. The number of aryl methyl sites for hydroxylation is 1. The van der Waals surface area contributed by atoms with Crippen molar-refractivity contribution >= 4 is 11.5 Å². The van der Waals surface area contributed by atoms with E-state index in [0.29, 0.717) is 17.9 Å². The summed E-state index contributed by atoms with van der Waals surface area (Å²) in [7, 11) is 1.60. The number of nitrogens with one attached hydrogen (secondary N) is 1. The second-order valence-corrected chi connectivity index (χ2v) is 4.28. The lowest BCUT2D eigenvalue weighted by Crippen LogP contribution is -2.04. The molecule has 0 aliphatic heterocycles. The monoisotopic (exact) mass is 273 g/mol. The quantitative estimate of drug-likeness (QED) is 0.669. The van der Waals surface area contributed by atoms with E-state index in [1.165, 1.54) is 12.3 Å². The Hall–Kier alpha value is -2.63. The zero-order valence-corrected chi connectivity index (χ0v) is 11.3. The van der Waals surface area contributed by atoms with E-state index >= 15 is 0 Å². The van der Waals surface area contributed by atoms with Crippen LogP contribution in [0, 0.1) is 17.0 Å². The van der Waals surface area contributed by atoms with E-state index in [-0.39, 0.29) is 5.69 Å². The first-order chi connectivity index (χ1) is 9.61. The first-order valence-corrected chi connectivity index (χ1v) is 6.08. The highest BCUT2D eigenvalue weighted by molar-refractivity contribution is 5.49. The average molecular weight is 273 g/mol. The van der Waals surface area contributed by atoms with Crippen molar-refractivity contribution in [1.82, 2.24) is 4.98 Å². The fraction of sp³-hybridized carbons (Fsp3) is 0.214. The summed E-state index contributed by atoms with van der Waals surface area (Å²) in [5.74, 6) is 1.23. The molecule has 0 bridgehead atoms. The van der Waals surface area contributed by atoms with Gasteiger partial charge in [-0.05, 0) is 13.0 Å². The molecule has 6 heteroatoms. The summed E-state index contributed by atoms with van der Waals surface area (Å²) in [6.45, 7) is 2.15. The van der Waals surface area contributed by atoms with Crippen LogP contribution >= 0.6 is 0 Å². The summed E-state index contributed by atoms with van der Waals surface area (Å²) in [4.78, 5) is 14.6. The third kappa shape index (κ3) is 3.03. The maximum absolute atomic E-state index is 10.9. The summed E-state index contributed by atoms with van der Waals surface area (Å²) < 4.78 is 5.25. The molecular formula is C14H15N3O3. The number of hydrogen-bond acceptors (Lipinski definition) is 5. The van der Waals surface area contributed by atoms with E-state index in [4.69, 9.17) is 4.74 Å². The van der Waals surface area contributed by atoms with Crippen molar-refractivity contribution in [3.8, 4) is 5.75 Å². The molecule has 0 saturated heterocycles. The molecule has 104 valence electrons. The van der Waals surface area contributed by atoms with Crippen LogP contribution < -0.4 is 10.1 Å². The lowest BCUT2D eigenvalue weighted by molar-refractivity contribution is -0.385. The number of para-hydroxylation sites is 1. The third-order valence-corrected chi connectivity index (χ3v) is 2.92. The number of nitrogens with zero attached hydrogens (tertiary/aromatic N) is 2. The summed E-state index contributed by atoms with van der Waals surface area (Å²) >= 11 is 0. The number of aromatic nitrogens is 1. The molecule has 2 rings (SSSR count). The van der Waals surface area contributed by atoms with Gasteiger partial charge in [0.25, 0.3) is 5.69 Å². The molecule has 0 spiro atoms. The minimum absolute atomic E-state index is 0.0579. The second-order valence-electron chi connectivity index (χ2n) is 4.28. The molecule has 0 radical (unpaired) electrons. The highest BCUT2D eigenvalue weighted by Crippen LogP contribution is 2.22. The van der Waals surface area contributed by atoms with Crippen LogP contribution in [0.4, 0.5) is 11.5 Å². The van der Waals surface area contributed by atoms with Crippen LogP contribution in [-0.2, 0) is 6.54 Å². The average Bonchev–Trinajstić information content (AvgIpc) is 2.46. The maximum Gasteiger partial charge on any atom is 0.277 e. The van der Waals surface area contributed by atoms with E-state index < -0.39 is 4.92 Å². The van der Waals surface area contributed by atoms with Crippen molar-refractivity contribution < 1.29 is 9.66 Å². The van der Waals surface area contributed by atoms with Gasteiger partial charge in [-0.1, -0.05) is 18.2 Å². The standard InChI is InChI=1S/C14H15N3O3/c1-10-8-15-14(7-12(10)17(18)19)16-9-11-5-3-4-6-13(11)20-2/h3-8H,9H2,1-2H3,(H,15,16). The third-order valence-electron chi connectivity index (χ3n) is 2.92. The van der Waals surface area contributed by atoms with Gasteiger partial charge in [-0.2, -0.15) is 0 Å². The van der Waals surface area contributed by atoms with E-state index in [9.17, 15) is 10.1 Å². The van der Waals surface area contributed by atoms with E-state index in [0.717, 1.165) is 11.3 Å². The van der Waals surface area contributed by atoms with Crippen molar-refractivity contribution in [3.05, 3.63) is 57.8 Å². The highest BCUT2D eigenvalue weighted by atomic mass is 16.6. The van der Waals surface area contributed by atoms with Gasteiger partial charge in [-0.25, -0.2) is 4.98 Å². The number of ether oxygens (including phenoxy) is 1. The highest BCUT2D eigenvalue weighted by Gasteiger charge is 2.12. The first-order valence-electron chi connectivity index (χ1n) is 6.08. The second kappa shape index (κ2) is 6.01. The molecule has 1 aromatic heterocycles. The molecular weight excluding hydrogens is 258 g/mol. The molecule has 0 amide bonds. The van der Waals surface area contributed by atoms with Gasteiger partial charge in [0.2, 0.25) is 0 Å². The van der Waals surface area contributed by atoms with E-state index in [1.807, 2.05) is 24.3 Å². The van der Waals surface area contributed by atoms with Crippen LogP contribution in [-0.4, -0.2) is 17.0 Å². The van der Waals surface area contributed by atoms with Crippen LogP contribution in [0.5, 0.6) is 5.75 Å². The largest absolute Gasteiger partial charge is 0.496 e. The van der Waals surface area contributed by atoms with Gasteiger partial charge in [-0.15, -0.1) is 0 Å². The molecule has 0 fully saturated rings. The molecule has 20 heavy (non-hydrogen) atoms.